The van der Waals surface area contributed by atoms with Crippen molar-refractivity contribution in [3.63, 3.8) is 0 Å². The van der Waals surface area contributed by atoms with E-state index >= 15 is 0 Å². The minimum atomic E-state index is -0.614. The van der Waals surface area contributed by atoms with Gasteiger partial charge in [-0.1, -0.05) is 18.2 Å². The summed E-state index contributed by atoms with van der Waals surface area (Å²) in [6.45, 7) is 0.471. The fraction of sp³-hybridized carbons (Fsp3) is 0.125. The van der Waals surface area contributed by atoms with E-state index in [2.05, 4.69) is 15.3 Å². The highest BCUT2D eigenvalue weighted by molar-refractivity contribution is 5.84. The second-order valence-corrected chi connectivity index (χ2v) is 5.12. The Labute approximate surface area is 137 Å². The highest BCUT2D eigenvalue weighted by Crippen LogP contribution is 2.22. The third-order valence-electron chi connectivity index (χ3n) is 3.56. The molecule has 0 unspecified atom stereocenters. The minimum absolute atomic E-state index is 0.164. The first-order valence-corrected chi connectivity index (χ1v) is 7.14. The molecule has 0 amide bonds. The van der Waals surface area contributed by atoms with Crippen molar-refractivity contribution in [3.8, 4) is 5.75 Å². The molecular formula is C16H15N5O3. The highest BCUT2D eigenvalue weighted by Gasteiger charge is 2.13. The molecule has 122 valence electrons. The molecule has 3 rings (SSSR count). The van der Waals surface area contributed by atoms with E-state index < -0.39 is 4.92 Å². The van der Waals surface area contributed by atoms with Gasteiger partial charge >= 0.3 is 5.69 Å². The first-order chi connectivity index (χ1) is 11.6. The van der Waals surface area contributed by atoms with Crippen LogP contribution in [0.3, 0.4) is 0 Å². The number of nitrogens with zero attached hydrogens (tertiary/aromatic N) is 3. The number of nitrogens with two attached hydrogens (primary N) is 1. The molecule has 0 saturated carbocycles. The van der Waals surface area contributed by atoms with Gasteiger partial charge in [-0.3, -0.25) is 10.1 Å². The van der Waals surface area contributed by atoms with E-state index in [-0.39, 0.29) is 17.5 Å². The number of nitrogen functional groups attached to an aromatic ring is 1. The first kappa shape index (κ1) is 15.5. The number of nitrogens with one attached hydrogen (secondary N) is 1. The largest absolute Gasteiger partial charge is 0.497 e. The van der Waals surface area contributed by atoms with Gasteiger partial charge in [0.05, 0.1) is 12.0 Å². The van der Waals surface area contributed by atoms with Crippen LogP contribution >= 0.6 is 0 Å². The molecule has 1 aromatic heterocycles. The molecule has 24 heavy (non-hydrogen) atoms. The normalized spacial score (nSPS) is 10.5. The molecule has 8 heteroatoms. The van der Waals surface area contributed by atoms with Gasteiger partial charge in [0.25, 0.3) is 0 Å². The Kier molecular flexibility index (Phi) is 4.11. The van der Waals surface area contributed by atoms with Crippen LogP contribution in [-0.4, -0.2) is 22.0 Å². The Balaban J connectivity index is 1.75. The number of anilines is 2. The average molecular weight is 325 g/mol. The molecule has 3 aromatic rings. The Morgan fingerprint density at radius 2 is 2.00 bits per heavy atom. The van der Waals surface area contributed by atoms with Crippen molar-refractivity contribution in [2.75, 3.05) is 18.2 Å². The molecule has 0 aliphatic rings. The maximum absolute atomic E-state index is 10.7. The lowest BCUT2D eigenvalue weighted by Crippen LogP contribution is -2.07. The first-order valence-electron chi connectivity index (χ1n) is 7.14. The topological polar surface area (TPSA) is 116 Å². The quantitative estimate of drug-likeness (QED) is 0.547. The van der Waals surface area contributed by atoms with Crippen LogP contribution in [-0.2, 0) is 6.54 Å². The smallest absolute Gasteiger partial charge is 0.329 e. The van der Waals surface area contributed by atoms with Crippen molar-refractivity contribution in [1.82, 2.24) is 9.97 Å². The number of rotatable bonds is 5. The van der Waals surface area contributed by atoms with Crippen LogP contribution in [0.5, 0.6) is 5.75 Å². The molecule has 0 aliphatic heterocycles. The Hall–Kier alpha value is -3.42. The predicted molar refractivity (Wildman–Crippen MR) is 90.9 cm³/mol. The second-order valence-electron chi connectivity index (χ2n) is 5.12. The SMILES string of the molecule is COc1ccc2cc(CNc3ncc([N+](=O)[O-])c(N)n3)ccc2c1. The molecule has 0 fully saturated rings. The number of ether oxygens (including phenoxy) is 1. The third-order valence-corrected chi connectivity index (χ3v) is 3.56. The summed E-state index contributed by atoms with van der Waals surface area (Å²) in [4.78, 5) is 17.9. The van der Waals surface area contributed by atoms with Crippen molar-refractivity contribution in [2.24, 2.45) is 0 Å². The molecular weight excluding hydrogens is 310 g/mol. The summed E-state index contributed by atoms with van der Waals surface area (Å²) >= 11 is 0. The zero-order chi connectivity index (χ0) is 17.1. The van der Waals surface area contributed by atoms with Gasteiger partial charge in [-0.05, 0) is 34.5 Å². The van der Waals surface area contributed by atoms with Gasteiger partial charge in [-0.15, -0.1) is 0 Å². The maximum Gasteiger partial charge on any atom is 0.329 e. The van der Waals surface area contributed by atoms with Gasteiger partial charge in [0.2, 0.25) is 11.8 Å². The van der Waals surface area contributed by atoms with Gasteiger partial charge in [0.15, 0.2) is 0 Å². The Bertz CT molecular complexity index is 913. The Morgan fingerprint density at radius 1 is 1.25 bits per heavy atom. The monoisotopic (exact) mass is 325 g/mol. The van der Waals surface area contributed by atoms with Crippen LogP contribution in [0.4, 0.5) is 17.5 Å². The maximum atomic E-state index is 10.7. The minimum Gasteiger partial charge on any atom is -0.497 e. The molecule has 0 saturated heterocycles. The number of methoxy groups -OCH3 is 1. The van der Waals surface area contributed by atoms with E-state index in [0.717, 1.165) is 28.3 Å². The van der Waals surface area contributed by atoms with Gasteiger partial charge < -0.3 is 15.8 Å². The lowest BCUT2D eigenvalue weighted by molar-refractivity contribution is -0.384. The molecule has 3 N–H and O–H groups in total. The zero-order valence-electron chi connectivity index (χ0n) is 12.9. The fourth-order valence-electron chi connectivity index (χ4n) is 2.31. The molecule has 0 atom stereocenters. The number of hydrogen-bond acceptors (Lipinski definition) is 7. The molecule has 0 spiro atoms. The number of hydrogen-bond donors (Lipinski definition) is 2. The fourth-order valence-corrected chi connectivity index (χ4v) is 2.31. The van der Waals surface area contributed by atoms with Gasteiger partial charge in [-0.2, -0.15) is 4.98 Å². The Morgan fingerprint density at radius 3 is 2.71 bits per heavy atom. The number of benzene rings is 2. The van der Waals surface area contributed by atoms with E-state index in [9.17, 15) is 10.1 Å². The van der Waals surface area contributed by atoms with Crippen LogP contribution in [0.25, 0.3) is 10.8 Å². The van der Waals surface area contributed by atoms with Crippen molar-refractivity contribution in [1.29, 1.82) is 0 Å². The van der Waals surface area contributed by atoms with Crippen LogP contribution in [0.2, 0.25) is 0 Å². The van der Waals surface area contributed by atoms with E-state index in [0.29, 0.717) is 6.54 Å². The van der Waals surface area contributed by atoms with Crippen molar-refractivity contribution in [3.05, 3.63) is 58.3 Å². The average Bonchev–Trinajstić information content (AvgIpc) is 2.59. The molecule has 0 bridgehead atoms. The summed E-state index contributed by atoms with van der Waals surface area (Å²) in [5, 5.41) is 15.9. The number of nitro groups is 1. The van der Waals surface area contributed by atoms with E-state index in [1.165, 1.54) is 0 Å². The highest BCUT2D eigenvalue weighted by atomic mass is 16.6. The lowest BCUT2D eigenvalue weighted by atomic mass is 10.1. The van der Waals surface area contributed by atoms with E-state index in [1.54, 1.807) is 7.11 Å². The van der Waals surface area contributed by atoms with Crippen molar-refractivity contribution >= 4 is 28.2 Å². The predicted octanol–water partition coefficient (Wildman–Crippen LogP) is 2.74. The number of fused-ring (bicyclic) bond motifs is 1. The zero-order valence-corrected chi connectivity index (χ0v) is 12.9. The summed E-state index contributed by atoms with van der Waals surface area (Å²) < 4.78 is 5.21. The standard InChI is InChI=1S/C16H15N5O3/c1-24-13-5-4-11-6-10(2-3-12(11)7-13)8-18-16-19-9-14(21(22)23)15(17)20-16/h2-7,9H,8H2,1H3,(H3,17,18,19,20). The molecule has 2 aromatic carbocycles. The van der Waals surface area contributed by atoms with Crippen LogP contribution in [0.1, 0.15) is 5.56 Å². The summed E-state index contributed by atoms with van der Waals surface area (Å²) in [6.07, 6.45) is 1.09. The lowest BCUT2D eigenvalue weighted by Gasteiger charge is -2.07. The summed E-state index contributed by atoms with van der Waals surface area (Å²) in [7, 11) is 1.63. The summed E-state index contributed by atoms with van der Waals surface area (Å²) in [6, 6.07) is 11.9. The molecule has 8 nitrogen and oxygen atoms in total. The summed E-state index contributed by atoms with van der Waals surface area (Å²) in [5.41, 5.74) is 6.26. The van der Waals surface area contributed by atoms with E-state index in [1.807, 2.05) is 36.4 Å². The van der Waals surface area contributed by atoms with Crippen molar-refractivity contribution in [2.45, 2.75) is 6.54 Å². The molecule has 1 heterocycles. The molecule has 0 radical (unpaired) electrons. The molecule has 0 aliphatic carbocycles. The van der Waals surface area contributed by atoms with Crippen LogP contribution < -0.4 is 15.8 Å². The summed E-state index contributed by atoms with van der Waals surface area (Å²) in [5.74, 6) is 0.888. The third kappa shape index (κ3) is 3.17. The number of aromatic nitrogens is 2. The van der Waals surface area contributed by atoms with E-state index in [4.69, 9.17) is 10.5 Å². The van der Waals surface area contributed by atoms with Gasteiger partial charge in [0.1, 0.15) is 11.9 Å². The van der Waals surface area contributed by atoms with Crippen LogP contribution in [0.15, 0.2) is 42.6 Å². The van der Waals surface area contributed by atoms with Crippen LogP contribution in [0, 0.1) is 10.1 Å². The van der Waals surface area contributed by atoms with Crippen molar-refractivity contribution < 1.29 is 9.66 Å². The second kappa shape index (κ2) is 6.37. The van der Waals surface area contributed by atoms with Gasteiger partial charge in [-0.25, -0.2) is 4.98 Å². The van der Waals surface area contributed by atoms with Gasteiger partial charge in [0, 0.05) is 6.54 Å².